The molecule has 154 valence electrons. The molecule has 7 N–H and O–H groups in total. The number of nitrogens with two attached hydrogens (primary N) is 2. The van der Waals surface area contributed by atoms with Crippen LogP contribution in [0.4, 0.5) is 0 Å². The van der Waals surface area contributed by atoms with Crippen LogP contribution in [0.1, 0.15) is 37.0 Å². The Balaban J connectivity index is 1.85. The molecule has 30 heavy (non-hydrogen) atoms. The van der Waals surface area contributed by atoms with E-state index in [2.05, 4.69) is 10.3 Å². The molecule has 0 aliphatic carbocycles. The molecule has 3 aromatic rings. The van der Waals surface area contributed by atoms with Crippen LogP contribution < -0.4 is 16.8 Å². The summed E-state index contributed by atoms with van der Waals surface area (Å²) < 4.78 is 2.36. The molecule has 0 spiro atoms. The van der Waals surface area contributed by atoms with Gasteiger partial charge in [-0.15, -0.1) is 11.3 Å². The first-order chi connectivity index (χ1) is 14.3. The Hall–Kier alpha value is -3.79. The van der Waals surface area contributed by atoms with E-state index in [0.29, 0.717) is 44.3 Å². The van der Waals surface area contributed by atoms with Crippen LogP contribution in [0, 0.1) is 10.8 Å². The highest BCUT2D eigenvalue weighted by molar-refractivity contribution is 7.19. The van der Waals surface area contributed by atoms with Gasteiger partial charge in [0.05, 0.1) is 4.70 Å². The second-order valence-corrected chi connectivity index (χ2v) is 7.62. The summed E-state index contributed by atoms with van der Waals surface area (Å²) >= 11 is 1.34. The molecule has 2 heterocycles. The summed E-state index contributed by atoms with van der Waals surface area (Å²) in [6.45, 7) is 0.206. The zero-order valence-corrected chi connectivity index (χ0v) is 17.0. The average Bonchev–Trinajstić information content (AvgIpc) is 3.23. The fraction of sp³-hybridized carbons (Fsp3) is 0.150. The topological polar surface area (TPSA) is 164 Å². The van der Waals surface area contributed by atoms with Crippen molar-refractivity contribution in [3.05, 3.63) is 63.9 Å². The van der Waals surface area contributed by atoms with Gasteiger partial charge in [-0.1, -0.05) is 12.1 Å². The summed E-state index contributed by atoms with van der Waals surface area (Å²) in [5.41, 5.74) is 13.4. The number of aryl methyl sites for hydroxylation is 1. The number of thiazole rings is 1. The van der Waals surface area contributed by atoms with Crippen molar-refractivity contribution in [2.24, 2.45) is 18.5 Å². The summed E-state index contributed by atoms with van der Waals surface area (Å²) in [5.74, 6) is -0.889. The number of benzene rings is 1. The maximum atomic E-state index is 12.8. The van der Waals surface area contributed by atoms with E-state index in [1.54, 1.807) is 35.9 Å². The number of nitrogens with zero attached hydrogens (tertiary/aromatic N) is 2. The second kappa shape index (κ2) is 8.70. The summed E-state index contributed by atoms with van der Waals surface area (Å²) in [6, 6.07) is 6.72. The van der Waals surface area contributed by atoms with Gasteiger partial charge in [-0.05, 0) is 30.0 Å². The van der Waals surface area contributed by atoms with Gasteiger partial charge in [0, 0.05) is 43.1 Å². The van der Waals surface area contributed by atoms with Crippen molar-refractivity contribution in [3.8, 4) is 0 Å². The highest BCUT2D eigenvalue weighted by Gasteiger charge is 2.23. The Labute approximate surface area is 176 Å². The number of aromatic nitrogens is 2. The van der Waals surface area contributed by atoms with E-state index in [4.69, 9.17) is 22.3 Å². The summed E-state index contributed by atoms with van der Waals surface area (Å²) in [6.07, 6.45) is 4.26. The van der Waals surface area contributed by atoms with Crippen molar-refractivity contribution < 1.29 is 9.59 Å². The lowest BCUT2D eigenvalue weighted by molar-refractivity contribution is 0.0942. The molecule has 0 saturated heterocycles. The maximum absolute atomic E-state index is 12.8. The van der Waals surface area contributed by atoms with Crippen molar-refractivity contribution in [3.63, 3.8) is 0 Å². The number of allylic oxidation sites excluding steroid dienone is 1. The lowest BCUT2D eigenvalue weighted by Crippen LogP contribution is -2.26. The number of fused-ring (bicyclic) bond motifs is 1. The zero-order valence-electron chi connectivity index (χ0n) is 16.2. The van der Waals surface area contributed by atoms with Crippen LogP contribution in [-0.2, 0) is 20.0 Å². The van der Waals surface area contributed by atoms with Crippen molar-refractivity contribution in [2.75, 3.05) is 0 Å². The number of carbonyl (C=O) groups excluding carboxylic acids is 2. The van der Waals surface area contributed by atoms with Crippen LogP contribution in [0.2, 0.25) is 0 Å². The van der Waals surface area contributed by atoms with E-state index in [1.165, 1.54) is 23.6 Å². The van der Waals surface area contributed by atoms with Gasteiger partial charge >= 0.3 is 0 Å². The molecule has 3 rings (SSSR count). The Morgan fingerprint density at radius 1 is 1.37 bits per heavy atom. The van der Waals surface area contributed by atoms with E-state index < -0.39 is 5.91 Å². The first-order valence-corrected chi connectivity index (χ1v) is 9.78. The Morgan fingerprint density at radius 2 is 2.13 bits per heavy atom. The molecule has 2 aromatic heterocycles. The molecular weight excluding hydrogens is 402 g/mol. The number of primary amides is 1. The third-order valence-corrected chi connectivity index (χ3v) is 5.55. The minimum atomic E-state index is -0.533. The smallest absolute Gasteiger partial charge is 0.268 e. The van der Waals surface area contributed by atoms with Crippen LogP contribution in [0.15, 0.2) is 36.5 Å². The minimum Gasteiger partial charge on any atom is -0.405 e. The average molecular weight is 424 g/mol. The fourth-order valence-electron chi connectivity index (χ4n) is 3.07. The second-order valence-electron chi connectivity index (χ2n) is 6.53. The number of hydrogen-bond donors (Lipinski definition) is 5. The predicted octanol–water partition coefficient (Wildman–Crippen LogP) is 1.70. The van der Waals surface area contributed by atoms with Gasteiger partial charge in [-0.2, -0.15) is 0 Å². The Bertz CT molecular complexity index is 1190. The van der Waals surface area contributed by atoms with Gasteiger partial charge in [-0.25, -0.2) is 4.98 Å². The van der Waals surface area contributed by atoms with E-state index in [1.807, 2.05) is 0 Å². The Kier molecular flexibility index (Phi) is 6.07. The number of amides is 2. The van der Waals surface area contributed by atoms with Crippen molar-refractivity contribution in [1.82, 2.24) is 14.9 Å². The molecular formula is C20H21N7O2S. The lowest BCUT2D eigenvalue weighted by atomic mass is 10.1. The zero-order chi connectivity index (χ0) is 21.8. The predicted molar refractivity (Wildman–Crippen MR) is 117 cm³/mol. The lowest BCUT2D eigenvalue weighted by Gasteiger charge is -2.08. The van der Waals surface area contributed by atoms with Crippen molar-refractivity contribution in [1.29, 1.82) is 10.8 Å². The first kappa shape index (κ1) is 20.9. The van der Waals surface area contributed by atoms with Gasteiger partial charge in [-0.3, -0.25) is 9.59 Å². The standard InChI is InChI=1S/C20H21N7O2S/c1-27-16(20(29)25-10-11-3-2-4-12(7-11)18(24)28)14(9-22)17-19(27)26-15(30-17)8-13(23)5-6-21/h2-7,9,22-23H,8,10,21H2,1H3,(H2,24,28)(H,25,29)/b6-5-,22-9?,23-13?. The number of carbonyl (C=O) groups is 2. The maximum Gasteiger partial charge on any atom is 0.268 e. The quantitative estimate of drug-likeness (QED) is 0.348. The van der Waals surface area contributed by atoms with Crippen LogP contribution in [0.25, 0.3) is 10.3 Å². The van der Waals surface area contributed by atoms with Crippen LogP contribution in [-0.4, -0.2) is 33.3 Å². The number of rotatable bonds is 8. The number of nitrogens with one attached hydrogen (secondary N) is 3. The highest BCUT2D eigenvalue weighted by atomic mass is 32.1. The third kappa shape index (κ3) is 4.13. The molecule has 0 atom stereocenters. The van der Waals surface area contributed by atoms with E-state index >= 15 is 0 Å². The monoisotopic (exact) mass is 423 g/mol. The molecule has 0 radical (unpaired) electrons. The van der Waals surface area contributed by atoms with E-state index in [-0.39, 0.29) is 12.5 Å². The van der Waals surface area contributed by atoms with Gasteiger partial charge < -0.3 is 32.2 Å². The van der Waals surface area contributed by atoms with E-state index in [0.717, 1.165) is 11.8 Å². The first-order valence-electron chi connectivity index (χ1n) is 8.97. The van der Waals surface area contributed by atoms with Gasteiger partial charge in [0.25, 0.3) is 5.91 Å². The normalized spacial score (nSPS) is 11.1. The summed E-state index contributed by atoms with van der Waals surface area (Å²) in [5, 5.41) is 19.2. The fourth-order valence-corrected chi connectivity index (χ4v) is 4.21. The Morgan fingerprint density at radius 3 is 2.80 bits per heavy atom. The molecule has 0 aliphatic rings. The molecule has 2 amide bonds. The van der Waals surface area contributed by atoms with Crippen LogP contribution >= 0.6 is 11.3 Å². The van der Waals surface area contributed by atoms with Gasteiger partial charge in [0.1, 0.15) is 10.7 Å². The molecule has 0 fully saturated rings. The van der Waals surface area contributed by atoms with Crippen LogP contribution in [0.5, 0.6) is 0 Å². The van der Waals surface area contributed by atoms with Gasteiger partial charge in [0.2, 0.25) is 5.91 Å². The largest absolute Gasteiger partial charge is 0.405 e. The van der Waals surface area contributed by atoms with Crippen molar-refractivity contribution in [2.45, 2.75) is 13.0 Å². The molecule has 0 saturated carbocycles. The molecule has 0 aliphatic heterocycles. The molecule has 0 unspecified atom stereocenters. The molecule has 1 aromatic carbocycles. The molecule has 0 bridgehead atoms. The number of hydrogen-bond acceptors (Lipinski definition) is 7. The van der Waals surface area contributed by atoms with Crippen molar-refractivity contribution >= 4 is 45.4 Å². The van der Waals surface area contributed by atoms with E-state index in [9.17, 15) is 9.59 Å². The third-order valence-electron chi connectivity index (χ3n) is 4.47. The highest BCUT2D eigenvalue weighted by Crippen LogP contribution is 2.30. The SMILES string of the molecule is Cn1c(C(=O)NCc2cccc(C(N)=O)c2)c(C=N)c2sc(CC(=N)/C=C\N)nc21. The summed E-state index contributed by atoms with van der Waals surface area (Å²) in [7, 11) is 1.71. The minimum absolute atomic E-state index is 0.206. The van der Waals surface area contributed by atoms with Gasteiger partial charge in [0.15, 0.2) is 5.65 Å². The summed E-state index contributed by atoms with van der Waals surface area (Å²) in [4.78, 5) is 28.7. The molecule has 9 nitrogen and oxygen atoms in total. The molecule has 10 heteroatoms. The van der Waals surface area contributed by atoms with Crippen LogP contribution in [0.3, 0.4) is 0 Å².